The lowest BCUT2D eigenvalue weighted by Gasteiger charge is -1.79. The molecule has 1 aromatic rings. The van der Waals surface area contributed by atoms with E-state index in [-0.39, 0.29) is 5.48 Å². The van der Waals surface area contributed by atoms with Crippen molar-refractivity contribution >= 4 is 0 Å². The highest BCUT2D eigenvalue weighted by atomic mass is 16.5. The van der Waals surface area contributed by atoms with Crippen molar-refractivity contribution in [1.29, 1.82) is 0 Å². The molecule has 0 aromatic carbocycles. The second kappa shape index (κ2) is 2.25. The van der Waals surface area contributed by atoms with Crippen LogP contribution in [0, 0.1) is 0 Å². The molecule has 0 aliphatic heterocycles. The molecule has 0 spiro atoms. The van der Waals surface area contributed by atoms with Gasteiger partial charge in [0.05, 0.1) is 0 Å². The Labute approximate surface area is 41.1 Å². The summed E-state index contributed by atoms with van der Waals surface area (Å²) in [5.41, 5.74) is 0. The Kier molecular flexibility index (Phi) is 1.95. The van der Waals surface area contributed by atoms with Crippen LogP contribution in [0.3, 0.4) is 0 Å². The summed E-state index contributed by atoms with van der Waals surface area (Å²) in [7, 11) is 0. The first-order chi connectivity index (χ1) is 2.89. The van der Waals surface area contributed by atoms with Crippen LogP contribution in [-0.4, -0.2) is 15.4 Å². The maximum Gasteiger partial charge on any atom is 0.0432 e. The molecular formula is C4H7NO2. The van der Waals surface area contributed by atoms with Gasteiger partial charge in [-0.3, -0.25) is 0 Å². The van der Waals surface area contributed by atoms with E-state index in [2.05, 4.69) is 0 Å². The van der Waals surface area contributed by atoms with E-state index in [4.69, 9.17) is 5.21 Å². The van der Waals surface area contributed by atoms with E-state index in [0.29, 0.717) is 0 Å². The SMILES string of the molecule is O.On1cccc1. The van der Waals surface area contributed by atoms with Gasteiger partial charge < -0.3 is 10.7 Å². The second-order valence-corrected chi connectivity index (χ2v) is 1.06. The van der Waals surface area contributed by atoms with E-state index >= 15 is 0 Å². The second-order valence-electron chi connectivity index (χ2n) is 1.06. The maximum atomic E-state index is 8.39. The lowest BCUT2D eigenvalue weighted by atomic mass is 10.7. The quantitative estimate of drug-likeness (QED) is 0.456. The molecule has 3 nitrogen and oxygen atoms in total. The summed E-state index contributed by atoms with van der Waals surface area (Å²) in [5, 5.41) is 8.39. The molecule has 3 heteroatoms. The lowest BCUT2D eigenvalue weighted by Crippen LogP contribution is -1.78. The van der Waals surface area contributed by atoms with Gasteiger partial charge in [-0.15, -0.1) is 0 Å². The Bertz CT molecular complexity index is 113. The third-order valence-corrected chi connectivity index (χ3v) is 0.589. The minimum absolute atomic E-state index is 0. The van der Waals surface area contributed by atoms with Crippen molar-refractivity contribution in [2.75, 3.05) is 0 Å². The zero-order chi connectivity index (χ0) is 4.41. The molecule has 1 heterocycles. The third-order valence-electron chi connectivity index (χ3n) is 0.589. The molecule has 3 N–H and O–H groups in total. The highest BCUT2D eigenvalue weighted by molar-refractivity contribution is 4.86. The van der Waals surface area contributed by atoms with Gasteiger partial charge in [0, 0.05) is 12.4 Å². The van der Waals surface area contributed by atoms with Gasteiger partial charge >= 0.3 is 0 Å². The number of nitrogens with zero attached hydrogens (tertiary/aromatic N) is 1. The molecule has 40 valence electrons. The molecule has 0 saturated carbocycles. The van der Waals surface area contributed by atoms with Gasteiger partial charge in [-0.05, 0) is 12.1 Å². The Balaban J connectivity index is 0.000000360. The molecule has 0 saturated heterocycles. The van der Waals surface area contributed by atoms with Crippen molar-refractivity contribution < 1.29 is 10.7 Å². The standard InChI is InChI=1S/C4H5NO.H2O/c6-5-3-1-2-4-5;/h1-4,6H;1H2. The fraction of sp³-hybridized carbons (Fsp3) is 0. The highest BCUT2D eigenvalue weighted by Gasteiger charge is 1.70. The first-order valence-electron chi connectivity index (χ1n) is 1.72. The van der Waals surface area contributed by atoms with Crippen molar-refractivity contribution in [3.63, 3.8) is 0 Å². The summed E-state index contributed by atoms with van der Waals surface area (Å²) in [6.07, 6.45) is 3.11. The lowest BCUT2D eigenvalue weighted by molar-refractivity contribution is 0.187. The topological polar surface area (TPSA) is 56.7 Å². The van der Waals surface area contributed by atoms with Crippen LogP contribution in [0.4, 0.5) is 0 Å². The van der Waals surface area contributed by atoms with E-state index < -0.39 is 0 Å². The Morgan fingerprint density at radius 1 is 1.14 bits per heavy atom. The van der Waals surface area contributed by atoms with Gasteiger partial charge in [0.25, 0.3) is 0 Å². The summed E-state index contributed by atoms with van der Waals surface area (Å²) in [5.74, 6) is 0. The maximum absolute atomic E-state index is 8.39. The minimum atomic E-state index is 0. The van der Waals surface area contributed by atoms with Crippen LogP contribution in [0.1, 0.15) is 0 Å². The predicted molar refractivity (Wildman–Crippen MR) is 25.2 cm³/mol. The summed E-state index contributed by atoms with van der Waals surface area (Å²) < 4.78 is 1.00. The number of hydrogen-bond donors (Lipinski definition) is 1. The summed E-state index contributed by atoms with van der Waals surface area (Å²) in [4.78, 5) is 0. The average molecular weight is 101 g/mol. The average Bonchev–Trinajstić information content (AvgIpc) is 1.86. The van der Waals surface area contributed by atoms with Crippen molar-refractivity contribution in [3.8, 4) is 0 Å². The molecular weight excluding hydrogens is 94.0 g/mol. The van der Waals surface area contributed by atoms with Crippen molar-refractivity contribution in [1.82, 2.24) is 4.73 Å². The predicted octanol–water partition coefficient (Wildman–Crippen LogP) is -0.0993. The van der Waals surface area contributed by atoms with Crippen molar-refractivity contribution in [2.45, 2.75) is 0 Å². The van der Waals surface area contributed by atoms with E-state index in [1.165, 1.54) is 0 Å². The van der Waals surface area contributed by atoms with Crippen LogP contribution >= 0.6 is 0 Å². The molecule has 0 radical (unpaired) electrons. The van der Waals surface area contributed by atoms with Crippen molar-refractivity contribution in [3.05, 3.63) is 24.5 Å². The molecule has 0 unspecified atom stereocenters. The smallest absolute Gasteiger partial charge is 0.0432 e. The van der Waals surface area contributed by atoms with E-state index in [0.717, 1.165) is 4.73 Å². The van der Waals surface area contributed by atoms with Crippen LogP contribution < -0.4 is 0 Å². The van der Waals surface area contributed by atoms with Crippen LogP contribution in [0.5, 0.6) is 0 Å². The molecule has 0 atom stereocenters. The largest absolute Gasteiger partial charge is 0.429 e. The Morgan fingerprint density at radius 2 is 1.57 bits per heavy atom. The Hall–Kier alpha value is -0.960. The number of hydrogen-bond acceptors (Lipinski definition) is 1. The van der Waals surface area contributed by atoms with Gasteiger partial charge in [0.2, 0.25) is 0 Å². The molecule has 1 aromatic heterocycles. The third kappa shape index (κ3) is 1.28. The van der Waals surface area contributed by atoms with Crippen LogP contribution in [0.2, 0.25) is 0 Å². The molecule has 7 heavy (non-hydrogen) atoms. The van der Waals surface area contributed by atoms with Crippen LogP contribution in [0.15, 0.2) is 24.5 Å². The molecule has 0 fully saturated rings. The summed E-state index contributed by atoms with van der Waals surface area (Å²) >= 11 is 0. The van der Waals surface area contributed by atoms with E-state index in [1.807, 2.05) is 0 Å². The molecule has 0 amide bonds. The number of rotatable bonds is 0. The van der Waals surface area contributed by atoms with E-state index in [9.17, 15) is 0 Å². The highest BCUT2D eigenvalue weighted by Crippen LogP contribution is 1.79. The van der Waals surface area contributed by atoms with Gasteiger partial charge in [0.15, 0.2) is 0 Å². The fourth-order valence-corrected chi connectivity index (χ4v) is 0.325. The summed E-state index contributed by atoms with van der Waals surface area (Å²) in [6, 6.07) is 3.50. The first kappa shape index (κ1) is 6.04. The van der Waals surface area contributed by atoms with Gasteiger partial charge in [-0.2, -0.15) is 0 Å². The molecule has 0 bridgehead atoms. The van der Waals surface area contributed by atoms with Crippen LogP contribution in [-0.2, 0) is 0 Å². The van der Waals surface area contributed by atoms with E-state index in [1.54, 1.807) is 24.5 Å². The monoisotopic (exact) mass is 101 g/mol. The summed E-state index contributed by atoms with van der Waals surface area (Å²) in [6.45, 7) is 0. The van der Waals surface area contributed by atoms with Gasteiger partial charge in [0.1, 0.15) is 0 Å². The molecule has 1 rings (SSSR count). The van der Waals surface area contributed by atoms with Gasteiger partial charge in [-0.1, -0.05) is 0 Å². The van der Waals surface area contributed by atoms with Gasteiger partial charge in [-0.25, -0.2) is 4.73 Å². The molecule has 0 aliphatic rings. The normalized spacial score (nSPS) is 7.43. The fourth-order valence-electron chi connectivity index (χ4n) is 0.325. The Morgan fingerprint density at radius 3 is 1.71 bits per heavy atom. The molecule has 0 aliphatic carbocycles. The number of aromatic nitrogens is 1. The zero-order valence-electron chi connectivity index (χ0n) is 3.70. The van der Waals surface area contributed by atoms with Crippen LogP contribution in [0.25, 0.3) is 0 Å². The minimum Gasteiger partial charge on any atom is -0.429 e. The van der Waals surface area contributed by atoms with Crippen molar-refractivity contribution in [2.24, 2.45) is 0 Å². The first-order valence-corrected chi connectivity index (χ1v) is 1.72. The zero-order valence-corrected chi connectivity index (χ0v) is 3.70.